The van der Waals surface area contributed by atoms with Crippen LogP contribution in [0.2, 0.25) is 0 Å². The number of nitrogen functional groups attached to an aromatic ring is 1. The number of hydrogen-bond acceptors (Lipinski definition) is 2. The van der Waals surface area contributed by atoms with Crippen LogP contribution in [-0.4, -0.2) is 6.54 Å². The molecule has 0 radical (unpaired) electrons. The third kappa shape index (κ3) is 3.79. The van der Waals surface area contributed by atoms with Gasteiger partial charge >= 0.3 is 0 Å². The van der Waals surface area contributed by atoms with E-state index in [1.54, 1.807) is 0 Å². The van der Waals surface area contributed by atoms with Crippen LogP contribution in [0.3, 0.4) is 0 Å². The van der Waals surface area contributed by atoms with Crippen molar-refractivity contribution < 1.29 is 0 Å². The van der Waals surface area contributed by atoms with Crippen LogP contribution in [-0.2, 0) is 6.42 Å². The van der Waals surface area contributed by atoms with Crippen molar-refractivity contribution in [2.75, 3.05) is 17.6 Å². The Balaban J connectivity index is 1.87. The maximum absolute atomic E-state index is 5.73. The molecule has 0 aliphatic carbocycles. The normalized spacial score (nSPS) is 10.2. The SMILES string of the molecule is Nc1cccc(CCNc2cccc(Br)c2)c1. The number of nitrogens with two attached hydrogens (primary N) is 1. The van der Waals surface area contributed by atoms with Gasteiger partial charge in [-0.15, -0.1) is 0 Å². The number of anilines is 2. The van der Waals surface area contributed by atoms with Crippen molar-refractivity contribution in [1.29, 1.82) is 0 Å². The molecule has 0 bridgehead atoms. The van der Waals surface area contributed by atoms with E-state index in [0.29, 0.717) is 0 Å². The minimum absolute atomic E-state index is 0.824. The van der Waals surface area contributed by atoms with E-state index in [4.69, 9.17) is 5.73 Å². The average molecular weight is 291 g/mol. The van der Waals surface area contributed by atoms with Gasteiger partial charge in [-0.3, -0.25) is 0 Å². The summed E-state index contributed by atoms with van der Waals surface area (Å²) in [7, 11) is 0. The number of rotatable bonds is 4. The third-order valence-corrected chi connectivity index (χ3v) is 3.01. The van der Waals surface area contributed by atoms with Crippen LogP contribution in [0.4, 0.5) is 11.4 Å². The van der Waals surface area contributed by atoms with Gasteiger partial charge in [0, 0.05) is 22.4 Å². The van der Waals surface area contributed by atoms with Crippen LogP contribution < -0.4 is 11.1 Å². The summed E-state index contributed by atoms with van der Waals surface area (Å²) < 4.78 is 1.09. The van der Waals surface area contributed by atoms with E-state index in [-0.39, 0.29) is 0 Å². The lowest BCUT2D eigenvalue weighted by atomic mass is 10.1. The lowest BCUT2D eigenvalue weighted by Crippen LogP contribution is -2.04. The van der Waals surface area contributed by atoms with E-state index in [1.807, 2.05) is 30.3 Å². The largest absolute Gasteiger partial charge is 0.399 e. The Bertz CT molecular complexity index is 452. The molecule has 0 aliphatic heterocycles. The second-order valence-electron chi connectivity index (χ2n) is 3.93. The maximum Gasteiger partial charge on any atom is 0.0351 e. The fraction of sp³-hybridized carbons (Fsp3) is 0.143. The summed E-state index contributed by atoms with van der Waals surface area (Å²) in [6, 6.07) is 16.2. The van der Waals surface area contributed by atoms with Crippen molar-refractivity contribution in [1.82, 2.24) is 0 Å². The van der Waals surface area contributed by atoms with Crippen LogP contribution in [0.1, 0.15) is 5.56 Å². The van der Waals surface area contributed by atoms with E-state index in [1.165, 1.54) is 5.56 Å². The van der Waals surface area contributed by atoms with E-state index >= 15 is 0 Å². The highest BCUT2D eigenvalue weighted by molar-refractivity contribution is 9.10. The first kappa shape index (κ1) is 12.0. The molecule has 0 aliphatic rings. The van der Waals surface area contributed by atoms with Crippen LogP contribution in [0.25, 0.3) is 0 Å². The van der Waals surface area contributed by atoms with Crippen molar-refractivity contribution in [2.45, 2.75) is 6.42 Å². The monoisotopic (exact) mass is 290 g/mol. The summed E-state index contributed by atoms with van der Waals surface area (Å²) in [5.41, 5.74) is 8.94. The molecule has 0 spiro atoms. The summed E-state index contributed by atoms with van der Waals surface area (Å²) in [6.07, 6.45) is 0.970. The molecule has 3 N–H and O–H groups in total. The molecule has 2 nitrogen and oxygen atoms in total. The Morgan fingerprint density at radius 2 is 1.88 bits per heavy atom. The molecule has 0 fully saturated rings. The average Bonchev–Trinajstić information content (AvgIpc) is 2.29. The molecule has 0 atom stereocenters. The minimum atomic E-state index is 0.824. The zero-order chi connectivity index (χ0) is 12.1. The van der Waals surface area contributed by atoms with Gasteiger partial charge in [-0.1, -0.05) is 34.1 Å². The van der Waals surface area contributed by atoms with E-state index in [9.17, 15) is 0 Å². The summed E-state index contributed by atoms with van der Waals surface area (Å²) in [5.74, 6) is 0. The van der Waals surface area contributed by atoms with E-state index in [0.717, 1.165) is 28.8 Å². The summed E-state index contributed by atoms with van der Waals surface area (Å²) >= 11 is 3.45. The van der Waals surface area contributed by atoms with Gasteiger partial charge in [0.2, 0.25) is 0 Å². The van der Waals surface area contributed by atoms with Crippen LogP contribution in [0.5, 0.6) is 0 Å². The van der Waals surface area contributed by atoms with Gasteiger partial charge in [0.25, 0.3) is 0 Å². The van der Waals surface area contributed by atoms with Crippen molar-refractivity contribution in [3.05, 3.63) is 58.6 Å². The van der Waals surface area contributed by atoms with Gasteiger partial charge in [-0.2, -0.15) is 0 Å². The predicted octanol–water partition coefficient (Wildman–Crippen LogP) is 3.69. The fourth-order valence-corrected chi connectivity index (χ4v) is 2.10. The highest BCUT2D eigenvalue weighted by atomic mass is 79.9. The van der Waals surface area contributed by atoms with Crippen molar-refractivity contribution in [3.63, 3.8) is 0 Å². The Morgan fingerprint density at radius 3 is 2.65 bits per heavy atom. The molecule has 0 saturated heterocycles. The summed E-state index contributed by atoms with van der Waals surface area (Å²) in [4.78, 5) is 0. The van der Waals surface area contributed by atoms with Gasteiger partial charge in [-0.05, 0) is 42.3 Å². The highest BCUT2D eigenvalue weighted by Crippen LogP contribution is 2.15. The molecule has 0 heterocycles. The van der Waals surface area contributed by atoms with Crippen LogP contribution in [0.15, 0.2) is 53.0 Å². The molecule has 88 valence electrons. The van der Waals surface area contributed by atoms with Crippen molar-refractivity contribution >= 4 is 27.3 Å². The molecular weight excluding hydrogens is 276 g/mol. The predicted molar refractivity (Wildman–Crippen MR) is 77.2 cm³/mol. The molecule has 2 aromatic rings. The standard InChI is InChI=1S/C14H15BrN2/c15-12-4-2-6-14(10-12)17-8-7-11-3-1-5-13(16)9-11/h1-6,9-10,17H,7-8,16H2. The number of hydrogen-bond donors (Lipinski definition) is 2. The van der Waals surface area contributed by atoms with Gasteiger partial charge in [0.15, 0.2) is 0 Å². The summed E-state index contributed by atoms with van der Waals surface area (Å²) in [5, 5.41) is 3.38. The van der Waals surface area contributed by atoms with Crippen LogP contribution >= 0.6 is 15.9 Å². The first-order chi connectivity index (χ1) is 8.24. The van der Waals surface area contributed by atoms with Gasteiger partial charge < -0.3 is 11.1 Å². The van der Waals surface area contributed by atoms with E-state index < -0.39 is 0 Å². The molecule has 0 unspecified atom stereocenters. The molecular formula is C14H15BrN2. The fourth-order valence-electron chi connectivity index (χ4n) is 1.70. The number of halogens is 1. The smallest absolute Gasteiger partial charge is 0.0351 e. The second kappa shape index (κ2) is 5.73. The zero-order valence-corrected chi connectivity index (χ0v) is 11.1. The Labute approximate surface area is 110 Å². The van der Waals surface area contributed by atoms with Gasteiger partial charge in [0.05, 0.1) is 0 Å². The summed E-state index contributed by atoms with van der Waals surface area (Å²) in [6.45, 7) is 0.903. The molecule has 17 heavy (non-hydrogen) atoms. The second-order valence-corrected chi connectivity index (χ2v) is 4.85. The number of nitrogens with one attached hydrogen (secondary N) is 1. The topological polar surface area (TPSA) is 38.0 Å². The Morgan fingerprint density at radius 1 is 1.06 bits per heavy atom. The lowest BCUT2D eigenvalue weighted by molar-refractivity contribution is 1.02. The first-order valence-electron chi connectivity index (χ1n) is 5.58. The highest BCUT2D eigenvalue weighted by Gasteiger charge is 1.95. The van der Waals surface area contributed by atoms with Gasteiger partial charge in [-0.25, -0.2) is 0 Å². The maximum atomic E-state index is 5.73. The Kier molecular flexibility index (Phi) is 4.04. The molecule has 2 rings (SSSR count). The Hall–Kier alpha value is -1.48. The van der Waals surface area contributed by atoms with Crippen LogP contribution in [0, 0.1) is 0 Å². The molecule has 3 heteroatoms. The quantitative estimate of drug-likeness (QED) is 0.843. The van der Waals surface area contributed by atoms with E-state index in [2.05, 4.69) is 39.4 Å². The van der Waals surface area contributed by atoms with Crippen molar-refractivity contribution in [2.24, 2.45) is 0 Å². The minimum Gasteiger partial charge on any atom is -0.399 e. The number of benzene rings is 2. The molecule has 2 aromatic carbocycles. The lowest BCUT2D eigenvalue weighted by Gasteiger charge is -2.07. The molecule has 0 saturated carbocycles. The zero-order valence-electron chi connectivity index (χ0n) is 9.49. The van der Waals surface area contributed by atoms with Crippen molar-refractivity contribution in [3.8, 4) is 0 Å². The third-order valence-electron chi connectivity index (χ3n) is 2.52. The first-order valence-corrected chi connectivity index (χ1v) is 6.37. The van der Waals surface area contributed by atoms with Gasteiger partial charge in [0.1, 0.15) is 0 Å². The molecule has 0 aromatic heterocycles. The molecule has 0 amide bonds.